The maximum atomic E-state index is 12.5. The number of rotatable bonds is 7. The van der Waals surface area contributed by atoms with Crippen LogP contribution in [0.4, 0.5) is 29.5 Å². The van der Waals surface area contributed by atoms with E-state index in [-0.39, 0.29) is 0 Å². The van der Waals surface area contributed by atoms with Crippen molar-refractivity contribution in [2.75, 3.05) is 23.7 Å². The minimum absolute atomic E-state index is 0.331. The van der Waals surface area contributed by atoms with E-state index in [1.54, 1.807) is 24.3 Å². The Morgan fingerprint density at radius 3 is 2.62 bits per heavy atom. The molecule has 2 heterocycles. The summed E-state index contributed by atoms with van der Waals surface area (Å²) in [6.45, 7) is 0.784. The number of aromatic nitrogens is 5. The summed E-state index contributed by atoms with van der Waals surface area (Å²) >= 11 is 0. The van der Waals surface area contributed by atoms with Gasteiger partial charge in [0, 0.05) is 19.3 Å². The summed E-state index contributed by atoms with van der Waals surface area (Å²) < 4.78 is 38.9. The standard InChI is InChI=1S/C17H17F3N8O/c18-17(19,20)12-6-7-15(23-10-12)21-8-3-9-22-16(29)25-13-4-1-2-5-14(13)28-11-24-26-27-28/h1-2,4-7,10-11H,3,8-9H2,(H,21,23)(H2,22,25,29). The molecule has 0 aliphatic heterocycles. The lowest BCUT2D eigenvalue weighted by atomic mass is 10.2. The molecule has 0 aliphatic rings. The number of nitrogens with one attached hydrogen (secondary N) is 3. The molecule has 9 nitrogen and oxygen atoms in total. The second-order valence-corrected chi connectivity index (χ2v) is 5.86. The Balaban J connectivity index is 1.41. The van der Waals surface area contributed by atoms with Crippen molar-refractivity contribution >= 4 is 17.5 Å². The van der Waals surface area contributed by atoms with E-state index < -0.39 is 17.8 Å². The molecule has 0 radical (unpaired) electrons. The lowest BCUT2D eigenvalue weighted by molar-refractivity contribution is -0.137. The number of hydrogen-bond donors (Lipinski definition) is 3. The Bertz CT molecular complexity index is 929. The number of pyridine rings is 1. The third kappa shape index (κ3) is 5.64. The van der Waals surface area contributed by atoms with Crippen molar-refractivity contribution in [3.63, 3.8) is 0 Å². The Morgan fingerprint density at radius 1 is 1.10 bits per heavy atom. The highest BCUT2D eigenvalue weighted by molar-refractivity contribution is 5.91. The minimum Gasteiger partial charge on any atom is -0.370 e. The van der Waals surface area contributed by atoms with Gasteiger partial charge < -0.3 is 16.0 Å². The van der Waals surface area contributed by atoms with Gasteiger partial charge in [-0.25, -0.2) is 9.78 Å². The van der Waals surface area contributed by atoms with E-state index in [4.69, 9.17) is 0 Å². The van der Waals surface area contributed by atoms with E-state index >= 15 is 0 Å². The van der Waals surface area contributed by atoms with Crippen molar-refractivity contribution in [1.82, 2.24) is 30.5 Å². The summed E-state index contributed by atoms with van der Waals surface area (Å²) in [5.74, 6) is 0.331. The Morgan fingerprint density at radius 2 is 1.93 bits per heavy atom. The van der Waals surface area contributed by atoms with Crippen molar-refractivity contribution in [3.8, 4) is 5.69 Å². The van der Waals surface area contributed by atoms with Crippen LogP contribution >= 0.6 is 0 Å². The molecule has 29 heavy (non-hydrogen) atoms. The highest BCUT2D eigenvalue weighted by Gasteiger charge is 2.30. The van der Waals surface area contributed by atoms with Crippen molar-refractivity contribution in [1.29, 1.82) is 0 Å². The van der Waals surface area contributed by atoms with Crippen molar-refractivity contribution in [3.05, 3.63) is 54.5 Å². The number of halogens is 3. The van der Waals surface area contributed by atoms with E-state index in [2.05, 4.69) is 36.5 Å². The average molecular weight is 406 g/mol. The molecular formula is C17H17F3N8O. The molecule has 3 rings (SSSR count). The summed E-state index contributed by atoms with van der Waals surface area (Å²) in [5.41, 5.74) is 0.343. The Labute approximate surface area is 163 Å². The Kier molecular flexibility index (Phi) is 6.22. The van der Waals surface area contributed by atoms with Crippen LogP contribution in [-0.2, 0) is 6.18 Å². The van der Waals surface area contributed by atoms with Crippen molar-refractivity contribution in [2.24, 2.45) is 0 Å². The molecule has 0 unspecified atom stereocenters. The van der Waals surface area contributed by atoms with Crippen LogP contribution in [0.3, 0.4) is 0 Å². The van der Waals surface area contributed by atoms with Crippen LogP contribution in [0, 0.1) is 0 Å². The van der Waals surface area contributed by atoms with Gasteiger partial charge in [-0.1, -0.05) is 12.1 Å². The van der Waals surface area contributed by atoms with Crippen LogP contribution in [-0.4, -0.2) is 44.3 Å². The number of carbonyl (C=O) groups excluding carboxylic acids is 1. The first-order chi connectivity index (χ1) is 13.9. The quantitative estimate of drug-likeness (QED) is 0.521. The molecule has 3 aromatic rings. The minimum atomic E-state index is -4.41. The molecule has 152 valence electrons. The zero-order chi connectivity index (χ0) is 20.7. The number of para-hydroxylation sites is 2. The molecule has 0 atom stereocenters. The number of carbonyl (C=O) groups is 1. The molecule has 2 amide bonds. The molecule has 12 heteroatoms. The fraction of sp³-hybridized carbons (Fsp3) is 0.235. The van der Waals surface area contributed by atoms with E-state index in [9.17, 15) is 18.0 Å². The van der Waals surface area contributed by atoms with Crippen LogP contribution in [0.15, 0.2) is 48.9 Å². The molecule has 2 aromatic heterocycles. The van der Waals surface area contributed by atoms with E-state index in [0.717, 1.165) is 12.3 Å². The maximum absolute atomic E-state index is 12.5. The molecule has 0 aliphatic carbocycles. The normalized spacial score (nSPS) is 11.1. The second kappa shape index (κ2) is 8.99. The molecule has 3 N–H and O–H groups in total. The van der Waals surface area contributed by atoms with Crippen LogP contribution in [0.25, 0.3) is 5.69 Å². The lowest BCUT2D eigenvalue weighted by Gasteiger charge is -2.11. The SMILES string of the molecule is O=C(NCCCNc1ccc(C(F)(F)F)cn1)Nc1ccccc1-n1cnnn1. The second-order valence-electron chi connectivity index (χ2n) is 5.86. The zero-order valence-electron chi connectivity index (χ0n) is 15.0. The molecule has 0 spiro atoms. The van der Waals surface area contributed by atoms with Crippen LogP contribution in [0.2, 0.25) is 0 Å². The number of benzene rings is 1. The molecule has 1 aromatic carbocycles. The van der Waals surface area contributed by atoms with Gasteiger partial charge in [0.15, 0.2) is 0 Å². The zero-order valence-corrected chi connectivity index (χ0v) is 15.0. The third-order valence-electron chi connectivity index (χ3n) is 3.78. The first-order valence-electron chi connectivity index (χ1n) is 8.58. The van der Waals surface area contributed by atoms with Gasteiger partial charge in [-0.3, -0.25) is 0 Å². The van der Waals surface area contributed by atoms with Gasteiger partial charge in [0.25, 0.3) is 0 Å². The summed E-state index contributed by atoms with van der Waals surface area (Å²) in [4.78, 5) is 15.8. The number of amides is 2. The van der Waals surface area contributed by atoms with Gasteiger partial charge in [-0.2, -0.15) is 17.9 Å². The molecule has 0 saturated carbocycles. The fourth-order valence-corrected chi connectivity index (χ4v) is 2.39. The van der Waals surface area contributed by atoms with Gasteiger partial charge in [0.1, 0.15) is 12.1 Å². The molecule has 0 fully saturated rings. The van der Waals surface area contributed by atoms with Gasteiger partial charge >= 0.3 is 12.2 Å². The average Bonchev–Trinajstić information content (AvgIpc) is 3.22. The number of nitrogens with zero attached hydrogens (tertiary/aromatic N) is 5. The predicted octanol–water partition coefficient (Wildman–Crippen LogP) is 2.70. The maximum Gasteiger partial charge on any atom is 0.417 e. The summed E-state index contributed by atoms with van der Waals surface area (Å²) in [6.07, 6.45) is -1.67. The lowest BCUT2D eigenvalue weighted by Crippen LogP contribution is -2.30. The number of hydrogen-bond acceptors (Lipinski definition) is 6. The molecular weight excluding hydrogens is 389 g/mol. The molecule has 0 bridgehead atoms. The summed E-state index contributed by atoms with van der Waals surface area (Å²) in [7, 11) is 0. The smallest absolute Gasteiger partial charge is 0.370 e. The number of tetrazole rings is 1. The van der Waals surface area contributed by atoms with Crippen molar-refractivity contribution in [2.45, 2.75) is 12.6 Å². The van der Waals surface area contributed by atoms with E-state index in [1.165, 1.54) is 17.1 Å². The van der Waals surface area contributed by atoms with E-state index in [1.807, 2.05) is 0 Å². The van der Waals surface area contributed by atoms with Crippen LogP contribution < -0.4 is 16.0 Å². The monoisotopic (exact) mass is 406 g/mol. The van der Waals surface area contributed by atoms with E-state index in [0.29, 0.717) is 36.7 Å². The van der Waals surface area contributed by atoms with Gasteiger partial charge in [-0.05, 0) is 41.1 Å². The molecule has 0 saturated heterocycles. The van der Waals surface area contributed by atoms with Crippen LogP contribution in [0.5, 0.6) is 0 Å². The number of urea groups is 1. The highest BCUT2D eigenvalue weighted by atomic mass is 19.4. The predicted molar refractivity (Wildman–Crippen MR) is 98.5 cm³/mol. The first-order valence-corrected chi connectivity index (χ1v) is 8.58. The topological polar surface area (TPSA) is 110 Å². The van der Waals surface area contributed by atoms with Crippen LogP contribution in [0.1, 0.15) is 12.0 Å². The highest BCUT2D eigenvalue weighted by Crippen LogP contribution is 2.28. The summed E-state index contributed by atoms with van der Waals surface area (Å²) in [5, 5.41) is 19.2. The van der Waals surface area contributed by atoms with Gasteiger partial charge in [-0.15, -0.1) is 5.10 Å². The first kappa shape index (κ1) is 20.0. The summed E-state index contributed by atoms with van der Waals surface area (Å²) in [6, 6.07) is 8.85. The fourth-order valence-electron chi connectivity index (χ4n) is 2.39. The number of anilines is 2. The van der Waals surface area contributed by atoms with Gasteiger partial charge in [0.05, 0.1) is 16.9 Å². The van der Waals surface area contributed by atoms with Crippen molar-refractivity contribution < 1.29 is 18.0 Å². The van der Waals surface area contributed by atoms with Gasteiger partial charge in [0.2, 0.25) is 0 Å². The largest absolute Gasteiger partial charge is 0.417 e. The Hall–Kier alpha value is -3.70. The third-order valence-corrected chi connectivity index (χ3v) is 3.78. The number of alkyl halides is 3.